The minimum atomic E-state index is -0.312. The molecule has 2 aromatic carbocycles. The Labute approximate surface area is 179 Å². The van der Waals surface area contributed by atoms with Crippen molar-refractivity contribution >= 4 is 22.5 Å². The number of terminal acetylenes is 1. The number of urea groups is 1. The molecule has 0 fully saturated rings. The van der Waals surface area contributed by atoms with E-state index in [1.807, 2.05) is 48.5 Å². The van der Waals surface area contributed by atoms with Crippen LogP contribution in [0.25, 0.3) is 0 Å². The fraction of sp³-hybridized carbons (Fsp3) is 0.227. The zero-order valence-corrected chi connectivity index (χ0v) is 17.4. The maximum atomic E-state index is 12.1. The van der Waals surface area contributed by atoms with Crippen LogP contribution >= 0.6 is 11.3 Å². The minimum Gasteiger partial charge on any atom is -0.497 e. The first kappa shape index (κ1) is 21.1. The molecule has 2 N–H and O–H groups in total. The number of amides is 2. The van der Waals surface area contributed by atoms with Crippen molar-refractivity contribution in [2.75, 3.05) is 25.6 Å². The molecule has 0 saturated heterocycles. The van der Waals surface area contributed by atoms with Gasteiger partial charge >= 0.3 is 6.03 Å². The lowest BCUT2D eigenvalue weighted by atomic mass is 10.1. The Bertz CT molecular complexity index is 1010. The highest BCUT2D eigenvalue weighted by Crippen LogP contribution is 2.20. The van der Waals surface area contributed by atoms with Gasteiger partial charge in [-0.25, -0.2) is 4.79 Å². The van der Waals surface area contributed by atoms with Gasteiger partial charge in [-0.15, -0.1) is 16.6 Å². The molecule has 0 spiro atoms. The normalized spacial score (nSPS) is 10.1. The average molecular weight is 423 g/mol. The Kier molecular flexibility index (Phi) is 7.64. The quantitative estimate of drug-likeness (QED) is 0.516. The molecule has 2 amide bonds. The Morgan fingerprint density at radius 2 is 1.97 bits per heavy atom. The molecule has 0 bridgehead atoms. The van der Waals surface area contributed by atoms with Gasteiger partial charge in [-0.2, -0.15) is 0 Å². The molecule has 0 saturated carbocycles. The first-order valence-corrected chi connectivity index (χ1v) is 10.1. The van der Waals surface area contributed by atoms with E-state index in [1.54, 1.807) is 7.11 Å². The summed E-state index contributed by atoms with van der Waals surface area (Å²) >= 11 is 1.34. The summed E-state index contributed by atoms with van der Waals surface area (Å²) in [6.45, 7) is 0.736. The lowest BCUT2D eigenvalue weighted by Gasteiger charge is -2.06. The summed E-state index contributed by atoms with van der Waals surface area (Å²) in [6, 6.07) is 15.1. The van der Waals surface area contributed by atoms with Crippen molar-refractivity contribution in [2.45, 2.75) is 12.8 Å². The standard InChI is InChI=1S/C22H22N4O3S/c1-3-13-29-18-9-7-16(8-10-18)11-12-23-21(27)24-22-26-25-20(30-22)15-17-5-4-6-19(14-17)28-2/h1,4-10,14H,11-13,15H2,2H3,(H2,23,24,26,27). The van der Waals surface area contributed by atoms with Crippen LogP contribution in [0.3, 0.4) is 0 Å². The molecular formula is C22H22N4O3S. The Morgan fingerprint density at radius 3 is 2.73 bits per heavy atom. The molecule has 1 heterocycles. The van der Waals surface area contributed by atoms with Gasteiger partial charge in [0.1, 0.15) is 23.1 Å². The first-order valence-electron chi connectivity index (χ1n) is 9.31. The highest BCUT2D eigenvalue weighted by atomic mass is 32.1. The number of rotatable bonds is 9. The number of anilines is 1. The van der Waals surface area contributed by atoms with Gasteiger partial charge in [0.15, 0.2) is 0 Å². The van der Waals surface area contributed by atoms with E-state index < -0.39 is 0 Å². The third-order valence-corrected chi connectivity index (χ3v) is 4.96. The van der Waals surface area contributed by atoms with Crippen LogP contribution in [0.15, 0.2) is 48.5 Å². The summed E-state index contributed by atoms with van der Waals surface area (Å²) in [5.74, 6) is 3.95. The largest absolute Gasteiger partial charge is 0.497 e. The lowest BCUT2D eigenvalue weighted by Crippen LogP contribution is -2.30. The zero-order valence-electron chi connectivity index (χ0n) is 16.6. The maximum absolute atomic E-state index is 12.1. The molecule has 0 aliphatic carbocycles. The monoisotopic (exact) mass is 422 g/mol. The molecule has 3 aromatic rings. The summed E-state index contributed by atoms with van der Waals surface area (Å²) in [7, 11) is 1.63. The number of hydrogen-bond donors (Lipinski definition) is 2. The number of nitrogens with zero attached hydrogens (tertiary/aromatic N) is 2. The molecule has 0 unspecified atom stereocenters. The van der Waals surface area contributed by atoms with Crippen molar-refractivity contribution in [3.63, 3.8) is 0 Å². The number of nitrogens with one attached hydrogen (secondary N) is 2. The lowest BCUT2D eigenvalue weighted by molar-refractivity contribution is 0.252. The van der Waals surface area contributed by atoms with Crippen molar-refractivity contribution in [1.82, 2.24) is 15.5 Å². The van der Waals surface area contributed by atoms with E-state index >= 15 is 0 Å². The van der Waals surface area contributed by atoms with Crippen LogP contribution in [0, 0.1) is 12.3 Å². The second-order valence-electron chi connectivity index (χ2n) is 6.30. The smallest absolute Gasteiger partial charge is 0.321 e. The number of aromatic nitrogens is 2. The molecule has 7 nitrogen and oxygen atoms in total. The van der Waals surface area contributed by atoms with E-state index in [-0.39, 0.29) is 12.6 Å². The predicted octanol–water partition coefficient (Wildman–Crippen LogP) is 3.51. The van der Waals surface area contributed by atoms with E-state index in [0.717, 1.165) is 27.6 Å². The van der Waals surface area contributed by atoms with Gasteiger partial charge < -0.3 is 14.8 Å². The van der Waals surface area contributed by atoms with E-state index in [2.05, 4.69) is 26.8 Å². The van der Waals surface area contributed by atoms with Crippen LogP contribution in [0.2, 0.25) is 0 Å². The van der Waals surface area contributed by atoms with Gasteiger partial charge in [0.05, 0.1) is 7.11 Å². The molecular weight excluding hydrogens is 400 g/mol. The molecule has 0 radical (unpaired) electrons. The number of hydrogen-bond acceptors (Lipinski definition) is 6. The van der Waals surface area contributed by atoms with Gasteiger partial charge in [0.2, 0.25) is 5.13 Å². The van der Waals surface area contributed by atoms with E-state index in [0.29, 0.717) is 24.5 Å². The van der Waals surface area contributed by atoms with E-state index in [9.17, 15) is 4.79 Å². The summed E-state index contributed by atoms with van der Waals surface area (Å²) in [4.78, 5) is 12.1. The van der Waals surface area contributed by atoms with E-state index in [1.165, 1.54) is 11.3 Å². The second kappa shape index (κ2) is 10.8. The molecule has 0 aliphatic heterocycles. The van der Waals surface area contributed by atoms with Crippen LogP contribution in [0.5, 0.6) is 11.5 Å². The molecule has 1 aromatic heterocycles. The third kappa shape index (κ3) is 6.50. The van der Waals surface area contributed by atoms with Crippen LogP contribution in [-0.2, 0) is 12.8 Å². The highest BCUT2D eigenvalue weighted by molar-refractivity contribution is 7.15. The number of ether oxygens (including phenoxy) is 2. The molecule has 3 rings (SSSR count). The Morgan fingerprint density at radius 1 is 1.13 bits per heavy atom. The molecule has 0 atom stereocenters. The molecule has 0 aliphatic rings. The third-order valence-electron chi connectivity index (χ3n) is 4.12. The topological polar surface area (TPSA) is 85.4 Å². The number of carbonyl (C=O) groups is 1. The van der Waals surface area contributed by atoms with E-state index in [4.69, 9.17) is 15.9 Å². The van der Waals surface area contributed by atoms with Gasteiger partial charge in [-0.1, -0.05) is 41.5 Å². The van der Waals surface area contributed by atoms with Gasteiger partial charge in [0, 0.05) is 13.0 Å². The summed E-state index contributed by atoms with van der Waals surface area (Å²) < 4.78 is 10.6. The molecule has 154 valence electrons. The Hall–Kier alpha value is -3.57. The number of benzene rings is 2. The maximum Gasteiger partial charge on any atom is 0.321 e. The zero-order chi connectivity index (χ0) is 21.2. The van der Waals surface area contributed by atoms with Crippen molar-refractivity contribution in [1.29, 1.82) is 0 Å². The SMILES string of the molecule is C#CCOc1ccc(CCNC(=O)Nc2nnc(Cc3cccc(OC)c3)s2)cc1. The highest BCUT2D eigenvalue weighted by Gasteiger charge is 2.09. The van der Waals surface area contributed by atoms with Crippen LogP contribution in [0.1, 0.15) is 16.1 Å². The summed E-state index contributed by atoms with van der Waals surface area (Å²) in [5.41, 5.74) is 2.15. The summed E-state index contributed by atoms with van der Waals surface area (Å²) in [6.07, 6.45) is 6.49. The average Bonchev–Trinajstić information content (AvgIpc) is 3.19. The van der Waals surface area contributed by atoms with Gasteiger partial charge in [-0.3, -0.25) is 5.32 Å². The fourth-order valence-corrected chi connectivity index (χ4v) is 3.44. The van der Waals surface area contributed by atoms with Gasteiger partial charge in [-0.05, 0) is 41.8 Å². The number of methoxy groups -OCH3 is 1. The minimum absolute atomic E-state index is 0.244. The van der Waals surface area contributed by atoms with Crippen molar-refractivity contribution in [3.05, 3.63) is 64.7 Å². The van der Waals surface area contributed by atoms with Crippen molar-refractivity contribution < 1.29 is 14.3 Å². The van der Waals surface area contributed by atoms with Crippen LogP contribution in [-0.4, -0.2) is 36.5 Å². The summed E-state index contributed by atoms with van der Waals surface area (Å²) in [5, 5.41) is 15.0. The van der Waals surface area contributed by atoms with Crippen LogP contribution in [0.4, 0.5) is 9.93 Å². The van der Waals surface area contributed by atoms with Crippen molar-refractivity contribution in [3.8, 4) is 23.8 Å². The predicted molar refractivity (Wildman–Crippen MR) is 117 cm³/mol. The molecule has 8 heteroatoms. The molecule has 30 heavy (non-hydrogen) atoms. The van der Waals surface area contributed by atoms with Gasteiger partial charge in [0.25, 0.3) is 0 Å². The number of carbonyl (C=O) groups excluding carboxylic acids is 1. The second-order valence-corrected chi connectivity index (χ2v) is 7.36. The first-order chi connectivity index (χ1) is 14.7. The fourth-order valence-electron chi connectivity index (χ4n) is 2.67. The van der Waals surface area contributed by atoms with Crippen molar-refractivity contribution in [2.24, 2.45) is 0 Å². The Balaban J connectivity index is 1.42. The van der Waals surface area contributed by atoms with Crippen LogP contribution < -0.4 is 20.1 Å².